The fraction of sp³-hybridized carbons (Fsp3) is 0.300. The predicted octanol–water partition coefficient (Wildman–Crippen LogP) is 3.26. The van der Waals surface area contributed by atoms with E-state index in [0.717, 1.165) is 5.56 Å². The summed E-state index contributed by atoms with van der Waals surface area (Å²) in [6, 6.07) is 14.0. The molecule has 2 amide bonds. The summed E-state index contributed by atoms with van der Waals surface area (Å²) in [5.41, 5.74) is 7.92. The Morgan fingerprint density at radius 2 is 1.82 bits per heavy atom. The summed E-state index contributed by atoms with van der Waals surface area (Å²) >= 11 is 6.27. The Balaban J connectivity index is 0.00000280. The monoisotopic (exact) mass is 423 g/mol. The Hall–Kier alpha value is -2.12. The SMILES string of the molecule is Cl.NC(CC(=O)Nc1ccc(C(=O)N2CCOCC2)c(Cl)c1)c1ccccc1. The molecular formula is C20H23Cl2N3O3. The summed E-state index contributed by atoms with van der Waals surface area (Å²) in [5.74, 6) is -0.345. The van der Waals surface area contributed by atoms with Crippen molar-refractivity contribution < 1.29 is 14.3 Å². The van der Waals surface area contributed by atoms with Crippen LogP contribution in [0.15, 0.2) is 48.5 Å². The lowest BCUT2D eigenvalue weighted by atomic mass is 10.0. The summed E-state index contributed by atoms with van der Waals surface area (Å²) in [7, 11) is 0. The highest BCUT2D eigenvalue weighted by molar-refractivity contribution is 6.34. The lowest BCUT2D eigenvalue weighted by molar-refractivity contribution is -0.116. The molecule has 3 rings (SSSR count). The summed E-state index contributed by atoms with van der Waals surface area (Å²) in [6.45, 7) is 2.15. The molecule has 0 aliphatic carbocycles. The summed E-state index contributed by atoms with van der Waals surface area (Å²) < 4.78 is 5.26. The van der Waals surface area contributed by atoms with Crippen molar-refractivity contribution in [1.82, 2.24) is 4.90 Å². The zero-order chi connectivity index (χ0) is 19.2. The zero-order valence-electron chi connectivity index (χ0n) is 15.3. The largest absolute Gasteiger partial charge is 0.378 e. The van der Waals surface area contributed by atoms with Crippen LogP contribution < -0.4 is 11.1 Å². The third kappa shape index (κ3) is 5.69. The molecule has 1 heterocycles. The van der Waals surface area contributed by atoms with E-state index in [1.54, 1.807) is 23.1 Å². The van der Waals surface area contributed by atoms with E-state index >= 15 is 0 Å². The molecule has 1 saturated heterocycles. The Labute approximate surface area is 175 Å². The van der Waals surface area contributed by atoms with Crippen LogP contribution in [-0.2, 0) is 9.53 Å². The summed E-state index contributed by atoms with van der Waals surface area (Å²) in [4.78, 5) is 26.5. The number of nitrogens with zero attached hydrogens (tertiary/aromatic N) is 1. The van der Waals surface area contributed by atoms with E-state index in [9.17, 15) is 9.59 Å². The van der Waals surface area contributed by atoms with Gasteiger partial charge in [0, 0.05) is 31.2 Å². The number of carbonyl (C=O) groups is 2. The molecule has 1 atom stereocenters. The number of amides is 2. The van der Waals surface area contributed by atoms with Gasteiger partial charge in [-0.25, -0.2) is 0 Å². The lowest BCUT2D eigenvalue weighted by Crippen LogP contribution is -2.40. The van der Waals surface area contributed by atoms with Crippen LogP contribution in [0.5, 0.6) is 0 Å². The molecule has 1 unspecified atom stereocenters. The number of nitrogens with one attached hydrogen (secondary N) is 1. The van der Waals surface area contributed by atoms with E-state index in [4.69, 9.17) is 22.1 Å². The van der Waals surface area contributed by atoms with Crippen LogP contribution in [0.25, 0.3) is 0 Å². The molecule has 8 heteroatoms. The second-order valence-electron chi connectivity index (χ2n) is 6.37. The Kier molecular flexibility index (Phi) is 8.26. The third-order valence-electron chi connectivity index (χ3n) is 4.41. The van der Waals surface area contributed by atoms with Crippen LogP contribution in [0.1, 0.15) is 28.4 Å². The number of benzene rings is 2. The van der Waals surface area contributed by atoms with Gasteiger partial charge in [-0.15, -0.1) is 12.4 Å². The predicted molar refractivity (Wildman–Crippen MR) is 112 cm³/mol. The molecule has 1 fully saturated rings. The number of halogens is 2. The van der Waals surface area contributed by atoms with Gasteiger partial charge in [0.1, 0.15) is 0 Å². The van der Waals surface area contributed by atoms with E-state index in [2.05, 4.69) is 5.32 Å². The average molecular weight is 424 g/mol. The van der Waals surface area contributed by atoms with Gasteiger partial charge in [0.15, 0.2) is 0 Å². The number of morpholine rings is 1. The number of carbonyl (C=O) groups excluding carboxylic acids is 2. The number of nitrogens with two attached hydrogens (primary N) is 1. The normalized spacial score (nSPS) is 14.7. The van der Waals surface area contributed by atoms with Crippen LogP contribution >= 0.6 is 24.0 Å². The van der Waals surface area contributed by atoms with Crippen molar-refractivity contribution in [2.75, 3.05) is 31.6 Å². The highest BCUT2D eigenvalue weighted by Crippen LogP contribution is 2.23. The van der Waals surface area contributed by atoms with Gasteiger partial charge in [-0.05, 0) is 23.8 Å². The van der Waals surface area contributed by atoms with E-state index in [1.807, 2.05) is 30.3 Å². The number of ether oxygens (including phenoxy) is 1. The van der Waals surface area contributed by atoms with Gasteiger partial charge < -0.3 is 20.7 Å². The molecule has 2 aromatic rings. The maximum absolute atomic E-state index is 12.5. The molecule has 0 spiro atoms. The fourth-order valence-electron chi connectivity index (χ4n) is 2.93. The van der Waals surface area contributed by atoms with Crippen LogP contribution in [-0.4, -0.2) is 43.0 Å². The van der Waals surface area contributed by atoms with Gasteiger partial charge in [-0.3, -0.25) is 9.59 Å². The van der Waals surface area contributed by atoms with E-state index in [1.165, 1.54) is 0 Å². The van der Waals surface area contributed by atoms with Crippen molar-refractivity contribution in [3.8, 4) is 0 Å². The number of rotatable bonds is 5. The first-order valence-corrected chi connectivity index (χ1v) is 9.19. The minimum Gasteiger partial charge on any atom is -0.378 e. The lowest BCUT2D eigenvalue weighted by Gasteiger charge is -2.27. The van der Waals surface area contributed by atoms with E-state index < -0.39 is 0 Å². The smallest absolute Gasteiger partial charge is 0.255 e. The second kappa shape index (κ2) is 10.4. The van der Waals surface area contributed by atoms with Crippen molar-refractivity contribution in [3.63, 3.8) is 0 Å². The van der Waals surface area contributed by atoms with Crippen molar-refractivity contribution >= 4 is 41.5 Å². The standard InChI is InChI=1S/C20H22ClN3O3.ClH/c21-17-12-15(6-7-16(17)20(26)24-8-10-27-11-9-24)23-19(25)13-18(22)14-4-2-1-3-5-14;/h1-7,12,18H,8-11,13,22H2,(H,23,25);1H. The maximum atomic E-state index is 12.5. The van der Waals surface area contributed by atoms with Gasteiger partial charge in [0.25, 0.3) is 5.91 Å². The van der Waals surface area contributed by atoms with Gasteiger partial charge in [-0.2, -0.15) is 0 Å². The molecule has 2 aromatic carbocycles. The van der Waals surface area contributed by atoms with Crippen molar-refractivity contribution in [2.24, 2.45) is 5.73 Å². The minimum absolute atomic E-state index is 0. The Morgan fingerprint density at radius 3 is 2.46 bits per heavy atom. The van der Waals surface area contributed by atoms with E-state index in [-0.39, 0.29) is 36.7 Å². The van der Waals surface area contributed by atoms with Crippen LogP contribution in [0.4, 0.5) is 5.69 Å². The van der Waals surface area contributed by atoms with Crippen molar-refractivity contribution in [3.05, 3.63) is 64.7 Å². The maximum Gasteiger partial charge on any atom is 0.255 e. The first kappa shape index (κ1) is 22.2. The number of anilines is 1. The Bertz CT molecular complexity index is 812. The zero-order valence-corrected chi connectivity index (χ0v) is 16.8. The third-order valence-corrected chi connectivity index (χ3v) is 4.73. The molecule has 0 aromatic heterocycles. The molecule has 0 saturated carbocycles. The average Bonchev–Trinajstić information content (AvgIpc) is 2.69. The van der Waals surface area contributed by atoms with E-state index in [0.29, 0.717) is 42.6 Å². The first-order valence-electron chi connectivity index (χ1n) is 8.81. The van der Waals surface area contributed by atoms with Crippen LogP contribution in [0, 0.1) is 0 Å². The Morgan fingerprint density at radius 1 is 1.14 bits per heavy atom. The highest BCUT2D eigenvalue weighted by Gasteiger charge is 2.21. The number of hydrogen-bond acceptors (Lipinski definition) is 4. The molecule has 1 aliphatic rings. The first-order chi connectivity index (χ1) is 13.0. The van der Waals surface area contributed by atoms with Gasteiger partial charge in [0.2, 0.25) is 5.91 Å². The molecule has 3 N–H and O–H groups in total. The molecule has 6 nitrogen and oxygen atoms in total. The van der Waals surface area contributed by atoms with Gasteiger partial charge in [-0.1, -0.05) is 41.9 Å². The van der Waals surface area contributed by atoms with Gasteiger partial charge in [0.05, 0.1) is 23.8 Å². The number of hydrogen-bond donors (Lipinski definition) is 2. The molecule has 150 valence electrons. The van der Waals surface area contributed by atoms with Crippen LogP contribution in [0.2, 0.25) is 5.02 Å². The quantitative estimate of drug-likeness (QED) is 0.772. The van der Waals surface area contributed by atoms with Crippen molar-refractivity contribution in [2.45, 2.75) is 12.5 Å². The molecule has 1 aliphatic heterocycles. The molecule has 28 heavy (non-hydrogen) atoms. The highest BCUT2D eigenvalue weighted by atomic mass is 35.5. The van der Waals surface area contributed by atoms with Crippen LogP contribution in [0.3, 0.4) is 0 Å². The van der Waals surface area contributed by atoms with Gasteiger partial charge >= 0.3 is 0 Å². The fourth-order valence-corrected chi connectivity index (χ4v) is 3.19. The second-order valence-corrected chi connectivity index (χ2v) is 6.78. The molecular weight excluding hydrogens is 401 g/mol. The minimum atomic E-state index is -0.385. The molecule has 0 bridgehead atoms. The topological polar surface area (TPSA) is 84.7 Å². The summed E-state index contributed by atoms with van der Waals surface area (Å²) in [6.07, 6.45) is 0.149. The summed E-state index contributed by atoms with van der Waals surface area (Å²) in [5, 5.41) is 3.08. The molecule has 0 radical (unpaired) electrons. The van der Waals surface area contributed by atoms with Crippen molar-refractivity contribution in [1.29, 1.82) is 0 Å².